The van der Waals surface area contributed by atoms with Crippen molar-refractivity contribution >= 4 is 16.8 Å². The first-order valence-corrected chi connectivity index (χ1v) is 9.17. The molecule has 1 amide bonds. The highest BCUT2D eigenvalue weighted by molar-refractivity contribution is 6.07. The molecule has 0 aliphatic carbocycles. The van der Waals surface area contributed by atoms with Gasteiger partial charge in [0.1, 0.15) is 5.82 Å². The van der Waals surface area contributed by atoms with E-state index in [0.717, 1.165) is 16.8 Å². The standard InChI is InChI=1S/C22H20FN5O/c1-14-5-4-8-24-21(14)13-27(2)22(29)18-10-19(15-11-25-28(3)12-15)26-20-9-16(23)6-7-17(18)20/h4-12H,13H2,1-3H3. The van der Waals surface area contributed by atoms with Gasteiger partial charge < -0.3 is 4.90 Å². The zero-order valence-corrected chi connectivity index (χ0v) is 16.4. The summed E-state index contributed by atoms with van der Waals surface area (Å²) in [5.74, 6) is -0.580. The van der Waals surface area contributed by atoms with Gasteiger partial charge in [0.25, 0.3) is 5.91 Å². The number of carbonyl (C=O) groups is 1. The van der Waals surface area contributed by atoms with E-state index in [9.17, 15) is 9.18 Å². The number of rotatable bonds is 4. The van der Waals surface area contributed by atoms with Crippen LogP contribution in [0.4, 0.5) is 4.39 Å². The summed E-state index contributed by atoms with van der Waals surface area (Å²) in [6.45, 7) is 2.34. The fourth-order valence-corrected chi connectivity index (χ4v) is 3.27. The first-order chi connectivity index (χ1) is 13.9. The Labute approximate surface area is 167 Å². The molecule has 0 spiro atoms. The molecule has 0 fully saturated rings. The molecule has 0 atom stereocenters. The summed E-state index contributed by atoms with van der Waals surface area (Å²) in [7, 11) is 3.54. The molecule has 0 saturated heterocycles. The van der Waals surface area contributed by atoms with Crippen LogP contribution >= 0.6 is 0 Å². The second kappa shape index (κ2) is 7.43. The van der Waals surface area contributed by atoms with Gasteiger partial charge >= 0.3 is 0 Å². The molecule has 1 aromatic carbocycles. The summed E-state index contributed by atoms with van der Waals surface area (Å²) in [4.78, 5) is 23.8. The van der Waals surface area contributed by atoms with Crippen molar-refractivity contribution < 1.29 is 9.18 Å². The molecule has 0 N–H and O–H groups in total. The third-order valence-corrected chi connectivity index (χ3v) is 4.85. The molecule has 0 aliphatic heterocycles. The molecule has 7 heteroatoms. The Morgan fingerprint density at radius 3 is 2.79 bits per heavy atom. The second-order valence-electron chi connectivity index (χ2n) is 7.05. The molecule has 0 bridgehead atoms. The highest BCUT2D eigenvalue weighted by Crippen LogP contribution is 2.26. The summed E-state index contributed by atoms with van der Waals surface area (Å²) >= 11 is 0. The lowest BCUT2D eigenvalue weighted by atomic mass is 10.0. The number of hydrogen-bond donors (Lipinski definition) is 0. The third-order valence-electron chi connectivity index (χ3n) is 4.85. The zero-order valence-electron chi connectivity index (χ0n) is 16.4. The third kappa shape index (κ3) is 3.71. The minimum absolute atomic E-state index is 0.181. The van der Waals surface area contributed by atoms with Crippen LogP contribution in [0.15, 0.2) is 55.0 Å². The van der Waals surface area contributed by atoms with Gasteiger partial charge in [0.15, 0.2) is 0 Å². The van der Waals surface area contributed by atoms with Crippen LogP contribution in [0.1, 0.15) is 21.6 Å². The topological polar surface area (TPSA) is 63.9 Å². The van der Waals surface area contributed by atoms with Crippen LogP contribution in [0.3, 0.4) is 0 Å². The van der Waals surface area contributed by atoms with Gasteiger partial charge in [-0.2, -0.15) is 5.10 Å². The van der Waals surface area contributed by atoms with Gasteiger partial charge in [-0.1, -0.05) is 6.07 Å². The van der Waals surface area contributed by atoms with Gasteiger partial charge in [0, 0.05) is 43.5 Å². The predicted molar refractivity (Wildman–Crippen MR) is 109 cm³/mol. The maximum atomic E-state index is 13.8. The Kier molecular flexibility index (Phi) is 4.80. The van der Waals surface area contributed by atoms with Crippen LogP contribution < -0.4 is 0 Å². The number of fused-ring (bicyclic) bond motifs is 1. The Balaban J connectivity index is 1.78. The molecule has 4 rings (SSSR count). The van der Waals surface area contributed by atoms with Crippen molar-refractivity contribution in [3.8, 4) is 11.3 Å². The Morgan fingerprint density at radius 1 is 1.24 bits per heavy atom. The number of nitrogens with zero attached hydrogens (tertiary/aromatic N) is 5. The van der Waals surface area contributed by atoms with E-state index in [0.29, 0.717) is 28.7 Å². The minimum atomic E-state index is -0.399. The number of aryl methyl sites for hydroxylation is 2. The van der Waals surface area contributed by atoms with Crippen LogP contribution in [-0.4, -0.2) is 37.6 Å². The van der Waals surface area contributed by atoms with Crippen LogP contribution in [0.2, 0.25) is 0 Å². The lowest BCUT2D eigenvalue weighted by Gasteiger charge is -2.19. The molecule has 0 aliphatic rings. The van der Waals surface area contributed by atoms with E-state index in [2.05, 4.69) is 15.1 Å². The summed E-state index contributed by atoms with van der Waals surface area (Å²) in [5, 5.41) is 4.77. The Hall–Kier alpha value is -3.61. The summed E-state index contributed by atoms with van der Waals surface area (Å²) < 4.78 is 15.5. The molecule has 3 heterocycles. The van der Waals surface area contributed by atoms with E-state index in [-0.39, 0.29) is 5.91 Å². The zero-order chi connectivity index (χ0) is 20.5. The van der Waals surface area contributed by atoms with E-state index in [1.165, 1.54) is 12.1 Å². The van der Waals surface area contributed by atoms with Crippen molar-refractivity contribution in [1.82, 2.24) is 24.6 Å². The van der Waals surface area contributed by atoms with E-state index in [1.54, 1.807) is 48.2 Å². The maximum Gasteiger partial charge on any atom is 0.254 e. The van der Waals surface area contributed by atoms with Crippen molar-refractivity contribution in [2.45, 2.75) is 13.5 Å². The molecule has 29 heavy (non-hydrogen) atoms. The molecule has 0 saturated carbocycles. The lowest BCUT2D eigenvalue weighted by Crippen LogP contribution is -2.27. The van der Waals surface area contributed by atoms with Crippen molar-refractivity contribution in [2.24, 2.45) is 7.05 Å². The number of pyridine rings is 2. The average Bonchev–Trinajstić information content (AvgIpc) is 3.14. The molecule has 0 radical (unpaired) electrons. The highest BCUT2D eigenvalue weighted by atomic mass is 19.1. The normalized spacial score (nSPS) is 11.0. The van der Waals surface area contributed by atoms with Gasteiger partial charge in [-0.15, -0.1) is 0 Å². The summed E-state index contributed by atoms with van der Waals surface area (Å²) in [6.07, 6.45) is 5.19. The lowest BCUT2D eigenvalue weighted by molar-refractivity contribution is 0.0785. The number of amides is 1. The van der Waals surface area contributed by atoms with Gasteiger partial charge in [-0.3, -0.25) is 14.5 Å². The molecule has 4 aromatic rings. The second-order valence-corrected chi connectivity index (χ2v) is 7.05. The largest absolute Gasteiger partial charge is 0.336 e. The fraction of sp³-hybridized carbons (Fsp3) is 0.182. The van der Waals surface area contributed by atoms with Crippen molar-refractivity contribution in [3.05, 3.63) is 77.6 Å². The number of hydrogen-bond acceptors (Lipinski definition) is 4. The number of aromatic nitrogens is 4. The number of halogens is 1. The van der Waals surface area contributed by atoms with Gasteiger partial charge in [0.2, 0.25) is 0 Å². The quantitative estimate of drug-likeness (QED) is 0.533. The molecular weight excluding hydrogens is 369 g/mol. The Bertz CT molecular complexity index is 1220. The smallest absolute Gasteiger partial charge is 0.254 e. The molecule has 6 nitrogen and oxygen atoms in total. The molecular formula is C22H20FN5O. The highest BCUT2D eigenvalue weighted by Gasteiger charge is 2.19. The predicted octanol–water partition coefficient (Wildman–Crippen LogP) is 3.75. The maximum absolute atomic E-state index is 13.8. The van der Waals surface area contributed by atoms with Gasteiger partial charge in [-0.25, -0.2) is 9.37 Å². The van der Waals surface area contributed by atoms with E-state index in [1.807, 2.05) is 25.3 Å². The molecule has 146 valence electrons. The first-order valence-electron chi connectivity index (χ1n) is 9.17. The van der Waals surface area contributed by atoms with Crippen LogP contribution in [0.25, 0.3) is 22.2 Å². The van der Waals surface area contributed by atoms with Crippen molar-refractivity contribution in [1.29, 1.82) is 0 Å². The number of benzene rings is 1. The number of carbonyl (C=O) groups excluding carboxylic acids is 1. The van der Waals surface area contributed by atoms with E-state index < -0.39 is 5.82 Å². The SMILES string of the molecule is Cc1cccnc1CN(C)C(=O)c1cc(-c2cnn(C)c2)nc2cc(F)ccc12. The molecule has 3 aromatic heterocycles. The Morgan fingerprint density at radius 2 is 2.07 bits per heavy atom. The fourth-order valence-electron chi connectivity index (χ4n) is 3.27. The van der Waals surface area contributed by atoms with E-state index >= 15 is 0 Å². The first kappa shape index (κ1) is 18.7. The monoisotopic (exact) mass is 389 g/mol. The molecule has 0 unspecified atom stereocenters. The average molecular weight is 389 g/mol. The summed E-state index contributed by atoms with van der Waals surface area (Å²) in [5.41, 5.74) is 4.07. The van der Waals surface area contributed by atoms with Crippen LogP contribution in [0, 0.1) is 12.7 Å². The van der Waals surface area contributed by atoms with Crippen molar-refractivity contribution in [2.75, 3.05) is 7.05 Å². The van der Waals surface area contributed by atoms with Gasteiger partial charge in [0.05, 0.1) is 35.2 Å². The van der Waals surface area contributed by atoms with Crippen LogP contribution in [0.5, 0.6) is 0 Å². The van der Waals surface area contributed by atoms with Gasteiger partial charge in [-0.05, 0) is 36.8 Å². The van der Waals surface area contributed by atoms with E-state index in [4.69, 9.17) is 0 Å². The minimum Gasteiger partial charge on any atom is -0.336 e. The van der Waals surface area contributed by atoms with Crippen molar-refractivity contribution in [3.63, 3.8) is 0 Å². The van der Waals surface area contributed by atoms with Crippen LogP contribution in [-0.2, 0) is 13.6 Å². The summed E-state index contributed by atoms with van der Waals surface area (Å²) in [6, 6.07) is 9.85.